The Morgan fingerprint density at radius 2 is 1.63 bits per heavy atom. The molecule has 30 heavy (non-hydrogen) atoms. The average molecular weight is 432 g/mol. The highest BCUT2D eigenvalue weighted by atomic mass is 35.5. The number of piperazine rings is 1. The third-order valence-corrected chi connectivity index (χ3v) is 5.55. The molecule has 2 atom stereocenters. The van der Waals surface area contributed by atoms with Crippen molar-refractivity contribution in [3.63, 3.8) is 0 Å². The summed E-state index contributed by atoms with van der Waals surface area (Å²) in [5.41, 5.74) is 8.19. The maximum atomic E-state index is 12.9. The lowest BCUT2D eigenvalue weighted by atomic mass is 9.94. The van der Waals surface area contributed by atoms with Gasteiger partial charge >= 0.3 is 0 Å². The van der Waals surface area contributed by atoms with E-state index in [2.05, 4.69) is 0 Å². The van der Waals surface area contributed by atoms with Crippen LogP contribution in [0.1, 0.15) is 24.1 Å². The fourth-order valence-electron chi connectivity index (χ4n) is 3.65. The first-order chi connectivity index (χ1) is 14.0. The van der Waals surface area contributed by atoms with Gasteiger partial charge in [0.25, 0.3) is 0 Å². The molecule has 0 bridgehead atoms. The monoisotopic (exact) mass is 431 g/mol. The van der Waals surface area contributed by atoms with Gasteiger partial charge in [0.05, 0.1) is 19.4 Å². The van der Waals surface area contributed by atoms with Gasteiger partial charge in [-0.25, -0.2) is 0 Å². The largest absolute Gasteiger partial charge is 0.497 e. The maximum Gasteiger partial charge on any atom is 0.227 e. The Labute approximate surface area is 184 Å². The summed E-state index contributed by atoms with van der Waals surface area (Å²) in [5.74, 6) is 0.548. The molecule has 0 aromatic heterocycles. The van der Waals surface area contributed by atoms with Crippen LogP contribution >= 0.6 is 12.4 Å². The van der Waals surface area contributed by atoms with E-state index in [0.717, 1.165) is 16.9 Å². The Hall–Kier alpha value is -2.57. The number of carbonyl (C=O) groups excluding carboxylic acids is 2. The lowest BCUT2D eigenvalue weighted by Crippen LogP contribution is -2.52. The van der Waals surface area contributed by atoms with E-state index in [1.165, 1.54) is 0 Å². The smallest absolute Gasteiger partial charge is 0.227 e. The number of methoxy groups -OCH3 is 1. The first-order valence-corrected chi connectivity index (χ1v) is 9.99. The number of rotatable bonds is 6. The Kier molecular flexibility index (Phi) is 8.69. The van der Waals surface area contributed by atoms with E-state index in [4.69, 9.17) is 10.5 Å². The molecule has 0 saturated carbocycles. The van der Waals surface area contributed by atoms with Crippen molar-refractivity contribution in [3.05, 3.63) is 65.7 Å². The van der Waals surface area contributed by atoms with Crippen molar-refractivity contribution in [2.75, 3.05) is 33.3 Å². The van der Waals surface area contributed by atoms with Crippen molar-refractivity contribution >= 4 is 24.2 Å². The minimum atomic E-state index is -0.337. The minimum absolute atomic E-state index is 0. The van der Waals surface area contributed by atoms with Crippen LogP contribution in [0.2, 0.25) is 0 Å². The molecule has 162 valence electrons. The van der Waals surface area contributed by atoms with E-state index in [1.807, 2.05) is 71.3 Å². The Morgan fingerprint density at radius 1 is 1.00 bits per heavy atom. The third-order valence-electron chi connectivity index (χ3n) is 5.55. The van der Waals surface area contributed by atoms with Gasteiger partial charge in [-0.15, -0.1) is 12.4 Å². The van der Waals surface area contributed by atoms with Gasteiger partial charge in [0.2, 0.25) is 11.8 Å². The zero-order chi connectivity index (χ0) is 20.8. The summed E-state index contributed by atoms with van der Waals surface area (Å²) >= 11 is 0. The SMILES string of the molecule is COc1cccc(CC(=O)N2CCN(C(=O)C(C)C(N)c3ccccc3)CC2)c1.Cl. The lowest BCUT2D eigenvalue weighted by molar-refractivity contribution is -0.142. The Balaban J connectivity index is 0.00000320. The molecule has 2 N–H and O–H groups in total. The number of hydrogen-bond acceptors (Lipinski definition) is 4. The highest BCUT2D eigenvalue weighted by Gasteiger charge is 2.30. The summed E-state index contributed by atoms with van der Waals surface area (Å²) in [6.07, 6.45) is 0.334. The summed E-state index contributed by atoms with van der Waals surface area (Å²) in [4.78, 5) is 29.2. The first kappa shape index (κ1) is 23.7. The van der Waals surface area contributed by atoms with Crippen molar-refractivity contribution in [1.29, 1.82) is 0 Å². The molecular formula is C23H30ClN3O3. The molecule has 6 nitrogen and oxygen atoms in total. The zero-order valence-electron chi connectivity index (χ0n) is 17.5. The predicted molar refractivity (Wildman–Crippen MR) is 120 cm³/mol. The standard InChI is InChI=1S/C23H29N3O3.ClH/c1-17(22(24)19-8-4-3-5-9-19)23(28)26-13-11-25(12-14-26)21(27)16-18-7-6-10-20(15-18)29-2;/h3-10,15,17,22H,11-14,16,24H2,1-2H3;1H. The Bertz CT molecular complexity index is 839. The number of amides is 2. The van der Waals surface area contributed by atoms with Gasteiger partial charge in [0.15, 0.2) is 0 Å². The molecular weight excluding hydrogens is 402 g/mol. The zero-order valence-corrected chi connectivity index (χ0v) is 18.3. The van der Waals surface area contributed by atoms with Gasteiger partial charge in [-0.05, 0) is 23.3 Å². The number of carbonyl (C=O) groups is 2. The molecule has 0 aliphatic carbocycles. The molecule has 1 aliphatic rings. The fourth-order valence-corrected chi connectivity index (χ4v) is 3.65. The number of halogens is 1. The highest BCUT2D eigenvalue weighted by molar-refractivity contribution is 5.85. The van der Waals surface area contributed by atoms with Crippen LogP contribution in [0.5, 0.6) is 5.75 Å². The van der Waals surface area contributed by atoms with Crippen LogP contribution in [0.4, 0.5) is 0 Å². The predicted octanol–water partition coefficient (Wildman–Crippen LogP) is 2.67. The molecule has 0 radical (unpaired) electrons. The normalized spacial score (nSPS) is 15.7. The lowest BCUT2D eigenvalue weighted by Gasteiger charge is -2.37. The topological polar surface area (TPSA) is 75.9 Å². The molecule has 3 rings (SSSR count). The minimum Gasteiger partial charge on any atom is -0.497 e. The molecule has 0 spiro atoms. The molecule has 1 fully saturated rings. The van der Waals surface area contributed by atoms with Crippen molar-refractivity contribution in [3.8, 4) is 5.75 Å². The maximum absolute atomic E-state index is 12.9. The number of nitrogens with zero attached hydrogens (tertiary/aromatic N) is 2. The quantitative estimate of drug-likeness (QED) is 0.762. The molecule has 2 aromatic rings. The second-order valence-corrected chi connectivity index (χ2v) is 7.46. The highest BCUT2D eigenvalue weighted by Crippen LogP contribution is 2.22. The summed E-state index contributed by atoms with van der Waals surface area (Å²) in [5, 5.41) is 0. The van der Waals surface area contributed by atoms with Crippen molar-refractivity contribution in [1.82, 2.24) is 9.80 Å². The average Bonchev–Trinajstić information content (AvgIpc) is 2.78. The van der Waals surface area contributed by atoms with Gasteiger partial charge < -0.3 is 20.3 Å². The van der Waals surface area contributed by atoms with Crippen LogP contribution in [0, 0.1) is 5.92 Å². The van der Waals surface area contributed by atoms with Crippen LogP contribution in [0.15, 0.2) is 54.6 Å². The van der Waals surface area contributed by atoms with Gasteiger partial charge in [0.1, 0.15) is 5.75 Å². The van der Waals surface area contributed by atoms with E-state index >= 15 is 0 Å². The van der Waals surface area contributed by atoms with Gasteiger partial charge in [-0.2, -0.15) is 0 Å². The number of hydrogen-bond donors (Lipinski definition) is 1. The molecule has 7 heteroatoms. The van der Waals surface area contributed by atoms with Crippen LogP contribution in [0.25, 0.3) is 0 Å². The van der Waals surface area contributed by atoms with Crippen LogP contribution < -0.4 is 10.5 Å². The molecule has 1 aliphatic heterocycles. The molecule has 2 amide bonds. The number of nitrogens with two attached hydrogens (primary N) is 1. The van der Waals surface area contributed by atoms with Gasteiger partial charge in [0, 0.05) is 32.2 Å². The van der Waals surface area contributed by atoms with Crippen LogP contribution in [-0.2, 0) is 16.0 Å². The van der Waals surface area contributed by atoms with Crippen LogP contribution in [0.3, 0.4) is 0 Å². The summed E-state index contributed by atoms with van der Waals surface area (Å²) in [6, 6.07) is 16.9. The van der Waals surface area contributed by atoms with Gasteiger partial charge in [-0.3, -0.25) is 9.59 Å². The Morgan fingerprint density at radius 3 is 2.27 bits per heavy atom. The van der Waals surface area contributed by atoms with Crippen LogP contribution in [-0.4, -0.2) is 54.9 Å². The van der Waals surface area contributed by atoms with E-state index in [1.54, 1.807) is 7.11 Å². The van der Waals surface area contributed by atoms with E-state index in [0.29, 0.717) is 32.6 Å². The van der Waals surface area contributed by atoms with Crippen molar-refractivity contribution < 1.29 is 14.3 Å². The first-order valence-electron chi connectivity index (χ1n) is 9.99. The van der Waals surface area contributed by atoms with Crippen molar-refractivity contribution in [2.24, 2.45) is 11.7 Å². The van der Waals surface area contributed by atoms with E-state index < -0.39 is 0 Å². The summed E-state index contributed by atoms with van der Waals surface area (Å²) in [7, 11) is 1.61. The molecule has 1 saturated heterocycles. The van der Waals surface area contributed by atoms with E-state index in [9.17, 15) is 9.59 Å². The van der Waals surface area contributed by atoms with Crippen molar-refractivity contribution in [2.45, 2.75) is 19.4 Å². The summed E-state index contributed by atoms with van der Waals surface area (Å²) in [6.45, 7) is 4.03. The molecule has 1 heterocycles. The third kappa shape index (κ3) is 5.74. The second kappa shape index (κ2) is 11.0. The van der Waals surface area contributed by atoms with Gasteiger partial charge in [-0.1, -0.05) is 49.4 Å². The molecule has 2 unspecified atom stereocenters. The number of benzene rings is 2. The fraction of sp³-hybridized carbons (Fsp3) is 0.391. The number of ether oxygens (including phenoxy) is 1. The second-order valence-electron chi connectivity index (χ2n) is 7.46. The van der Waals surface area contributed by atoms with E-state index in [-0.39, 0.29) is 36.2 Å². The molecule has 2 aromatic carbocycles. The summed E-state index contributed by atoms with van der Waals surface area (Å²) < 4.78 is 5.22.